The Morgan fingerprint density at radius 1 is 1.38 bits per heavy atom. The molecule has 4 amide bonds. The number of imide groups is 1. The Labute approximate surface area is 190 Å². The Hall–Kier alpha value is -3.31. The van der Waals surface area contributed by atoms with Gasteiger partial charge in [-0.2, -0.15) is 12.8 Å². The first-order chi connectivity index (χ1) is 15.0. The van der Waals surface area contributed by atoms with Crippen LogP contribution in [0.1, 0.15) is 17.0 Å². The number of carbonyl (C=O) groups excluding carboxylic acids is 3. The van der Waals surface area contributed by atoms with Crippen molar-refractivity contribution in [2.75, 3.05) is 24.1 Å². The van der Waals surface area contributed by atoms with Crippen molar-refractivity contribution < 1.29 is 27.6 Å². The number of rotatable bonds is 7. The molecule has 1 fully saturated rings. The molecule has 172 valence electrons. The van der Waals surface area contributed by atoms with Gasteiger partial charge in [0.05, 0.1) is 12.2 Å². The van der Waals surface area contributed by atoms with Gasteiger partial charge in [-0.15, -0.1) is 11.3 Å². The van der Waals surface area contributed by atoms with Crippen molar-refractivity contribution in [1.29, 1.82) is 0 Å². The van der Waals surface area contributed by atoms with Crippen LogP contribution in [0.5, 0.6) is 0 Å². The zero-order chi connectivity index (χ0) is 23.6. The van der Waals surface area contributed by atoms with Crippen molar-refractivity contribution >= 4 is 66.8 Å². The number of thiazole rings is 1. The molecule has 14 nitrogen and oxygen atoms in total. The standard InChI is InChI=1S/C15H18N8O6S3/c1-6-7(2)20-31-12(6)21-32(27,28)22-15(26)23-4-8(13(23)25)17-11(24)10(19-29-3)9-5-30-14(16)18-9/h5,8,21H,4H2,1-3H3,(H2,16,18)(H,17,24)(H,22,26)/t8-/m0/s1. The van der Waals surface area contributed by atoms with Crippen molar-refractivity contribution in [3.63, 3.8) is 0 Å². The van der Waals surface area contributed by atoms with Gasteiger partial charge < -0.3 is 15.9 Å². The average Bonchev–Trinajstić information content (AvgIpc) is 3.28. The summed E-state index contributed by atoms with van der Waals surface area (Å²) in [4.78, 5) is 46.2. The van der Waals surface area contributed by atoms with Gasteiger partial charge in [0.15, 0.2) is 10.8 Å². The molecule has 3 heterocycles. The number of anilines is 2. The van der Waals surface area contributed by atoms with Crippen LogP contribution in [-0.2, 0) is 24.6 Å². The highest BCUT2D eigenvalue weighted by molar-refractivity contribution is 7.91. The lowest BCUT2D eigenvalue weighted by molar-refractivity contribution is -0.141. The lowest BCUT2D eigenvalue weighted by Crippen LogP contribution is -2.68. The molecule has 3 rings (SSSR count). The molecule has 5 N–H and O–H groups in total. The Kier molecular flexibility index (Phi) is 6.60. The van der Waals surface area contributed by atoms with E-state index in [1.54, 1.807) is 18.6 Å². The Morgan fingerprint density at radius 3 is 2.62 bits per heavy atom. The summed E-state index contributed by atoms with van der Waals surface area (Å²) in [6.45, 7) is 3.14. The summed E-state index contributed by atoms with van der Waals surface area (Å²) < 4.78 is 32.3. The van der Waals surface area contributed by atoms with Gasteiger partial charge in [0.25, 0.3) is 11.8 Å². The maximum absolute atomic E-state index is 12.5. The third-order valence-corrected chi connectivity index (χ3v) is 6.92. The van der Waals surface area contributed by atoms with Crippen LogP contribution in [0.4, 0.5) is 14.9 Å². The second-order valence-corrected chi connectivity index (χ2v) is 9.48. The first-order valence-corrected chi connectivity index (χ1v) is 11.9. The number of amides is 4. The molecule has 0 bridgehead atoms. The van der Waals surface area contributed by atoms with Gasteiger partial charge in [-0.1, -0.05) is 5.16 Å². The zero-order valence-electron chi connectivity index (χ0n) is 16.9. The van der Waals surface area contributed by atoms with Crippen LogP contribution in [0, 0.1) is 13.8 Å². The van der Waals surface area contributed by atoms with Crippen LogP contribution < -0.4 is 20.5 Å². The minimum absolute atomic E-state index is 0.152. The predicted octanol–water partition coefficient (Wildman–Crippen LogP) is -0.457. The van der Waals surface area contributed by atoms with E-state index in [2.05, 4.69) is 29.4 Å². The molecule has 32 heavy (non-hydrogen) atoms. The number of β-lactam (4-membered cyclic amide) rings is 1. The number of nitrogen functional groups attached to an aromatic ring is 1. The lowest BCUT2D eigenvalue weighted by Gasteiger charge is -2.36. The third-order valence-electron chi connectivity index (χ3n) is 4.25. The van der Waals surface area contributed by atoms with E-state index in [1.807, 2.05) is 0 Å². The molecule has 0 unspecified atom stereocenters. The number of aromatic nitrogens is 2. The molecular formula is C15H18N8O6S3. The zero-order valence-corrected chi connectivity index (χ0v) is 19.4. The number of nitrogens with one attached hydrogen (secondary N) is 3. The van der Waals surface area contributed by atoms with Gasteiger partial charge in [-0.3, -0.25) is 19.2 Å². The first kappa shape index (κ1) is 23.4. The number of likely N-dealkylation sites (tertiary alicyclic amines) is 1. The summed E-state index contributed by atoms with van der Waals surface area (Å²) in [5.41, 5.74) is 6.75. The third kappa shape index (κ3) is 4.94. The summed E-state index contributed by atoms with van der Waals surface area (Å²) in [5.74, 6) is -1.58. The van der Waals surface area contributed by atoms with E-state index >= 15 is 0 Å². The summed E-state index contributed by atoms with van der Waals surface area (Å²) in [5, 5.41) is 7.92. The molecule has 2 aromatic rings. The highest BCUT2D eigenvalue weighted by Gasteiger charge is 2.43. The van der Waals surface area contributed by atoms with Crippen molar-refractivity contribution in [2.24, 2.45) is 5.16 Å². The fourth-order valence-corrected chi connectivity index (χ4v) is 4.93. The summed E-state index contributed by atoms with van der Waals surface area (Å²) in [6.07, 6.45) is 0. The van der Waals surface area contributed by atoms with E-state index in [9.17, 15) is 22.8 Å². The molecule has 0 aliphatic carbocycles. The second kappa shape index (κ2) is 9.05. The van der Waals surface area contributed by atoms with Crippen molar-refractivity contribution in [1.82, 2.24) is 24.3 Å². The summed E-state index contributed by atoms with van der Waals surface area (Å²) in [6, 6.07) is -2.22. The topological polar surface area (TPSA) is 198 Å². The number of hydrogen-bond acceptors (Lipinski definition) is 12. The number of nitrogens with zero attached hydrogens (tertiary/aromatic N) is 4. The summed E-state index contributed by atoms with van der Waals surface area (Å²) >= 11 is 2.00. The molecule has 0 radical (unpaired) electrons. The van der Waals surface area contributed by atoms with E-state index < -0.39 is 34.1 Å². The van der Waals surface area contributed by atoms with Gasteiger partial charge in [-0.25, -0.2) is 14.5 Å². The number of urea groups is 1. The molecule has 0 aromatic carbocycles. The van der Waals surface area contributed by atoms with E-state index in [0.29, 0.717) is 16.2 Å². The highest BCUT2D eigenvalue weighted by atomic mass is 32.2. The second-order valence-electron chi connectivity index (χ2n) is 6.40. The number of oxime groups is 1. The Balaban J connectivity index is 1.58. The quantitative estimate of drug-likeness (QED) is 0.220. The monoisotopic (exact) mass is 502 g/mol. The van der Waals surface area contributed by atoms with Crippen LogP contribution in [0.15, 0.2) is 10.5 Å². The van der Waals surface area contributed by atoms with Crippen molar-refractivity contribution in [2.45, 2.75) is 19.9 Å². The predicted molar refractivity (Wildman–Crippen MR) is 116 cm³/mol. The van der Waals surface area contributed by atoms with E-state index in [-0.39, 0.29) is 28.1 Å². The van der Waals surface area contributed by atoms with Crippen LogP contribution in [-0.4, -0.2) is 65.9 Å². The molecule has 1 saturated heterocycles. The molecular weight excluding hydrogens is 484 g/mol. The molecule has 1 aliphatic rings. The molecule has 1 aliphatic heterocycles. The van der Waals surface area contributed by atoms with Gasteiger partial charge >= 0.3 is 16.2 Å². The first-order valence-electron chi connectivity index (χ1n) is 8.74. The Morgan fingerprint density at radius 2 is 2.09 bits per heavy atom. The smallest absolute Gasteiger partial charge is 0.339 e. The van der Waals surface area contributed by atoms with Gasteiger partial charge in [0, 0.05) is 10.9 Å². The maximum atomic E-state index is 12.5. The van der Waals surface area contributed by atoms with Crippen molar-refractivity contribution in [3.8, 4) is 0 Å². The van der Waals surface area contributed by atoms with E-state index in [1.165, 1.54) is 12.5 Å². The molecule has 0 saturated carbocycles. The van der Waals surface area contributed by atoms with Crippen LogP contribution in [0.3, 0.4) is 0 Å². The fourth-order valence-electron chi connectivity index (χ4n) is 2.46. The summed E-state index contributed by atoms with van der Waals surface area (Å²) in [7, 11) is -3.07. The average molecular weight is 503 g/mol. The maximum Gasteiger partial charge on any atom is 0.339 e. The van der Waals surface area contributed by atoms with E-state index in [0.717, 1.165) is 22.9 Å². The van der Waals surface area contributed by atoms with E-state index in [4.69, 9.17) is 5.73 Å². The number of hydrogen-bond donors (Lipinski definition) is 4. The van der Waals surface area contributed by atoms with Crippen LogP contribution in [0.25, 0.3) is 0 Å². The van der Waals surface area contributed by atoms with Crippen LogP contribution in [0.2, 0.25) is 0 Å². The molecule has 0 spiro atoms. The van der Waals surface area contributed by atoms with Gasteiger partial charge in [-0.05, 0) is 25.4 Å². The molecule has 1 atom stereocenters. The fraction of sp³-hybridized carbons (Fsp3) is 0.333. The minimum Gasteiger partial charge on any atom is -0.398 e. The van der Waals surface area contributed by atoms with Crippen molar-refractivity contribution in [3.05, 3.63) is 22.3 Å². The minimum atomic E-state index is -4.30. The number of nitrogens with two attached hydrogens (primary N) is 1. The highest BCUT2D eigenvalue weighted by Crippen LogP contribution is 2.24. The lowest BCUT2D eigenvalue weighted by atomic mass is 10.1. The number of aryl methyl sites for hydroxylation is 1. The van der Waals surface area contributed by atoms with Gasteiger partial charge in [0.2, 0.25) is 0 Å². The molecule has 17 heteroatoms. The normalized spacial score (nSPS) is 16.3. The SMILES string of the molecule is CON=C(C(=O)N[C@H]1CN(C(=O)NS(=O)(=O)Nc2snc(C)c2C)C1=O)c1csc(N)n1. The molecule has 2 aromatic heterocycles. The largest absolute Gasteiger partial charge is 0.398 e. The Bertz CT molecular complexity index is 1200. The van der Waals surface area contributed by atoms with Crippen LogP contribution >= 0.6 is 22.9 Å². The van der Waals surface area contributed by atoms with Gasteiger partial charge in [0.1, 0.15) is 23.8 Å². The number of carbonyl (C=O) groups is 3.